The molecule has 2 aromatic rings. The summed E-state index contributed by atoms with van der Waals surface area (Å²) in [6, 6.07) is 7.86. The monoisotopic (exact) mass is 264 g/mol. The molecule has 2 rings (SSSR count). The third kappa shape index (κ3) is 2.12. The predicted octanol–water partition coefficient (Wildman–Crippen LogP) is 2.34. The normalized spacial score (nSPS) is 10.0. The lowest BCUT2D eigenvalue weighted by Gasteiger charge is -2.05. The fraction of sp³-hybridized carbons (Fsp3) is 0.100. The quantitative estimate of drug-likeness (QED) is 0.905. The van der Waals surface area contributed by atoms with Crippen molar-refractivity contribution in [2.75, 3.05) is 12.4 Å². The van der Waals surface area contributed by atoms with Gasteiger partial charge in [-0.05, 0) is 12.1 Å². The lowest BCUT2D eigenvalue weighted by atomic mass is 10.1. The van der Waals surface area contributed by atoms with Gasteiger partial charge in [-0.1, -0.05) is 28.1 Å². The molecule has 0 amide bonds. The van der Waals surface area contributed by atoms with Gasteiger partial charge < -0.3 is 5.32 Å². The number of rotatable bonds is 2. The molecule has 0 atom stereocenters. The van der Waals surface area contributed by atoms with Crippen molar-refractivity contribution < 1.29 is 0 Å². The highest BCUT2D eigenvalue weighted by atomic mass is 79.9. The maximum absolute atomic E-state index is 4.10. The second kappa shape index (κ2) is 4.35. The predicted molar refractivity (Wildman–Crippen MR) is 62.5 cm³/mol. The molecule has 1 aromatic carbocycles. The highest BCUT2D eigenvalue weighted by Crippen LogP contribution is 2.23. The van der Waals surface area contributed by atoms with E-state index in [1.807, 2.05) is 31.3 Å². The van der Waals surface area contributed by atoms with Crippen molar-refractivity contribution in [1.29, 1.82) is 0 Å². The van der Waals surface area contributed by atoms with Gasteiger partial charge in [0.15, 0.2) is 5.82 Å². The highest BCUT2D eigenvalue weighted by molar-refractivity contribution is 9.10. The van der Waals surface area contributed by atoms with E-state index < -0.39 is 0 Å². The molecular formula is C10H9BrN4. The fourth-order valence-electron chi connectivity index (χ4n) is 1.26. The summed E-state index contributed by atoms with van der Waals surface area (Å²) >= 11 is 3.39. The van der Waals surface area contributed by atoms with Gasteiger partial charge in [0.2, 0.25) is 0 Å². The minimum absolute atomic E-state index is 0.729. The van der Waals surface area contributed by atoms with Crippen molar-refractivity contribution in [3.63, 3.8) is 0 Å². The number of aromatic nitrogens is 3. The third-order valence-electron chi connectivity index (χ3n) is 1.97. The smallest absolute Gasteiger partial charge is 0.156 e. The molecule has 0 aliphatic heterocycles. The van der Waals surface area contributed by atoms with Gasteiger partial charge in [-0.3, -0.25) is 0 Å². The second-order valence-corrected chi connectivity index (χ2v) is 3.83. The van der Waals surface area contributed by atoms with Gasteiger partial charge in [0.05, 0.1) is 0 Å². The zero-order valence-corrected chi connectivity index (χ0v) is 9.69. The molecule has 0 aliphatic carbocycles. The van der Waals surface area contributed by atoms with Gasteiger partial charge in [-0.25, -0.2) is 4.98 Å². The van der Waals surface area contributed by atoms with Crippen LogP contribution in [0.2, 0.25) is 0 Å². The number of nitrogens with zero attached hydrogens (tertiary/aromatic N) is 3. The van der Waals surface area contributed by atoms with E-state index in [1.165, 1.54) is 6.33 Å². The Morgan fingerprint density at radius 2 is 1.93 bits per heavy atom. The summed E-state index contributed by atoms with van der Waals surface area (Å²) in [6.45, 7) is 0. The summed E-state index contributed by atoms with van der Waals surface area (Å²) in [5, 5.41) is 10.8. The Balaban J connectivity index is 2.49. The van der Waals surface area contributed by atoms with Gasteiger partial charge in [0, 0.05) is 17.1 Å². The molecule has 4 nitrogen and oxygen atoms in total. The first-order chi connectivity index (χ1) is 7.31. The van der Waals surface area contributed by atoms with Crippen molar-refractivity contribution in [2.45, 2.75) is 0 Å². The zero-order valence-electron chi connectivity index (χ0n) is 8.11. The Bertz CT molecular complexity index is 455. The zero-order chi connectivity index (χ0) is 10.7. The van der Waals surface area contributed by atoms with Crippen molar-refractivity contribution in [3.05, 3.63) is 35.1 Å². The van der Waals surface area contributed by atoms with E-state index in [4.69, 9.17) is 0 Å². The van der Waals surface area contributed by atoms with E-state index in [0.717, 1.165) is 21.5 Å². The Kier molecular flexibility index (Phi) is 2.91. The molecule has 1 aromatic heterocycles. The van der Waals surface area contributed by atoms with Crippen LogP contribution in [0.4, 0.5) is 5.82 Å². The molecule has 0 saturated carbocycles. The van der Waals surface area contributed by atoms with Crippen LogP contribution in [-0.2, 0) is 0 Å². The summed E-state index contributed by atoms with van der Waals surface area (Å²) in [4.78, 5) is 4.10. The van der Waals surface area contributed by atoms with Crippen LogP contribution in [0, 0.1) is 0 Å². The van der Waals surface area contributed by atoms with Crippen molar-refractivity contribution in [1.82, 2.24) is 15.2 Å². The molecule has 0 fully saturated rings. The molecule has 76 valence electrons. The molecule has 1 heterocycles. The number of anilines is 1. The molecule has 5 heteroatoms. The van der Waals surface area contributed by atoms with Crippen LogP contribution in [0.25, 0.3) is 11.3 Å². The largest absolute Gasteiger partial charge is 0.371 e. The third-order valence-corrected chi connectivity index (χ3v) is 2.50. The van der Waals surface area contributed by atoms with Crippen molar-refractivity contribution in [3.8, 4) is 11.3 Å². The number of hydrogen-bond donors (Lipinski definition) is 1. The van der Waals surface area contributed by atoms with E-state index in [1.54, 1.807) is 0 Å². The molecule has 0 radical (unpaired) electrons. The van der Waals surface area contributed by atoms with Crippen LogP contribution in [0.3, 0.4) is 0 Å². The van der Waals surface area contributed by atoms with Crippen LogP contribution < -0.4 is 5.32 Å². The molecule has 1 N–H and O–H groups in total. The van der Waals surface area contributed by atoms with Crippen LogP contribution in [0.1, 0.15) is 0 Å². The molecule has 0 aliphatic rings. The fourth-order valence-corrected chi connectivity index (χ4v) is 1.53. The van der Waals surface area contributed by atoms with Gasteiger partial charge in [-0.2, -0.15) is 0 Å². The van der Waals surface area contributed by atoms with Crippen LogP contribution in [0.5, 0.6) is 0 Å². The lowest BCUT2D eigenvalue weighted by molar-refractivity contribution is 0.978. The molecule has 0 saturated heterocycles. The summed E-state index contributed by atoms with van der Waals surface area (Å²) in [7, 11) is 1.81. The topological polar surface area (TPSA) is 50.7 Å². The average Bonchev–Trinajstić information content (AvgIpc) is 2.30. The summed E-state index contributed by atoms with van der Waals surface area (Å²) in [5.41, 5.74) is 1.75. The maximum Gasteiger partial charge on any atom is 0.156 e. The molecular weight excluding hydrogens is 256 g/mol. The lowest BCUT2D eigenvalue weighted by Crippen LogP contribution is -1.99. The average molecular weight is 265 g/mol. The molecule has 0 unspecified atom stereocenters. The van der Waals surface area contributed by atoms with Gasteiger partial charge in [0.1, 0.15) is 12.0 Å². The minimum Gasteiger partial charge on any atom is -0.371 e. The highest BCUT2D eigenvalue weighted by Gasteiger charge is 2.06. The van der Waals surface area contributed by atoms with E-state index in [2.05, 4.69) is 36.4 Å². The number of halogens is 1. The Morgan fingerprint density at radius 1 is 1.20 bits per heavy atom. The van der Waals surface area contributed by atoms with E-state index >= 15 is 0 Å². The van der Waals surface area contributed by atoms with Crippen LogP contribution in [-0.4, -0.2) is 22.2 Å². The number of benzene rings is 1. The summed E-state index contributed by atoms with van der Waals surface area (Å²) in [5.74, 6) is 0.729. The summed E-state index contributed by atoms with van der Waals surface area (Å²) < 4.78 is 1.04. The molecule has 0 bridgehead atoms. The first-order valence-corrected chi connectivity index (χ1v) is 5.22. The van der Waals surface area contributed by atoms with Gasteiger partial charge >= 0.3 is 0 Å². The Labute approximate surface area is 95.9 Å². The first kappa shape index (κ1) is 10.0. The van der Waals surface area contributed by atoms with Crippen LogP contribution >= 0.6 is 15.9 Å². The Morgan fingerprint density at radius 3 is 2.60 bits per heavy atom. The maximum atomic E-state index is 4.10. The van der Waals surface area contributed by atoms with Crippen molar-refractivity contribution in [2.24, 2.45) is 0 Å². The summed E-state index contributed by atoms with van der Waals surface area (Å²) in [6.07, 6.45) is 1.42. The number of hydrogen-bond acceptors (Lipinski definition) is 4. The van der Waals surface area contributed by atoms with Gasteiger partial charge in [-0.15, -0.1) is 10.2 Å². The first-order valence-electron chi connectivity index (χ1n) is 4.42. The SMILES string of the molecule is CNc1ncnnc1-c1ccc(Br)cc1. The van der Waals surface area contributed by atoms with E-state index in [9.17, 15) is 0 Å². The van der Waals surface area contributed by atoms with E-state index in [0.29, 0.717) is 0 Å². The van der Waals surface area contributed by atoms with Gasteiger partial charge in [0.25, 0.3) is 0 Å². The van der Waals surface area contributed by atoms with E-state index in [-0.39, 0.29) is 0 Å². The Hall–Kier alpha value is -1.49. The molecule has 15 heavy (non-hydrogen) atoms. The standard InChI is InChI=1S/C10H9BrN4/c1-12-10-9(15-14-6-13-10)7-2-4-8(11)5-3-7/h2-6H,1H3,(H,12,13,14). The second-order valence-electron chi connectivity index (χ2n) is 2.91. The number of nitrogens with one attached hydrogen (secondary N) is 1. The molecule has 0 spiro atoms. The van der Waals surface area contributed by atoms with Crippen LogP contribution in [0.15, 0.2) is 35.1 Å². The van der Waals surface area contributed by atoms with Crippen molar-refractivity contribution >= 4 is 21.7 Å². The minimum atomic E-state index is 0.729.